The largest absolute Gasteiger partial charge is 0.481 e. The van der Waals surface area contributed by atoms with Crippen molar-refractivity contribution < 1.29 is 4.74 Å². The number of aromatic nitrogens is 1. The van der Waals surface area contributed by atoms with E-state index in [1.54, 1.807) is 7.11 Å². The van der Waals surface area contributed by atoms with Crippen LogP contribution in [0.5, 0.6) is 5.88 Å². The van der Waals surface area contributed by atoms with E-state index < -0.39 is 0 Å². The first-order chi connectivity index (χ1) is 7.63. The zero-order chi connectivity index (χ0) is 12.0. The monoisotopic (exact) mass is 223 g/mol. The lowest BCUT2D eigenvalue weighted by molar-refractivity contribution is 0.284. The van der Waals surface area contributed by atoms with Gasteiger partial charge in [-0.05, 0) is 27.0 Å². The molecule has 4 heteroatoms. The fourth-order valence-electron chi connectivity index (χ4n) is 1.25. The molecule has 0 saturated carbocycles. The first-order valence-corrected chi connectivity index (χ1v) is 5.58. The summed E-state index contributed by atoms with van der Waals surface area (Å²) in [4.78, 5) is 6.57. The van der Waals surface area contributed by atoms with Crippen LogP contribution in [0.15, 0.2) is 18.2 Å². The van der Waals surface area contributed by atoms with E-state index in [0.29, 0.717) is 11.9 Å². The zero-order valence-corrected chi connectivity index (χ0v) is 10.5. The number of methoxy groups -OCH3 is 1. The van der Waals surface area contributed by atoms with E-state index in [2.05, 4.69) is 36.1 Å². The van der Waals surface area contributed by atoms with Gasteiger partial charge in [-0.15, -0.1) is 0 Å². The van der Waals surface area contributed by atoms with Gasteiger partial charge in [-0.3, -0.25) is 0 Å². The van der Waals surface area contributed by atoms with Crippen LogP contribution in [-0.2, 0) is 0 Å². The van der Waals surface area contributed by atoms with Crippen molar-refractivity contribution in [3.05, 3.63) is 18.2 Å². The Morgan fingerprint density at radius 3 is 2.81 bits per heavy atom. The molecule has 16 heavy (non-hydrogen) atoms. The van der Waals surface area contributed by atoms with Gasteiger partial charge < -0.3 is 15.0 Å². The summed E-state index contributed by atoms with van der Waals surface area (Å²) in [6.07, 6.45) is 0. The van der Waals surface area contributed by atoms with Crippen LogP contribution in [0.4, 0.5) is 5.82 Å². The number of likely N-dealkylation sites (N-methyl/N-ethyl adjacent to an activating group) is 1. The molecule has 0 radical (unpaired) electrons. The molecule has 0 saturated heterocycles. The van der Waals surface area contributed by atoms with Gasteiger partial charge in [-0.2, -0.15) is 4.98 Å². The molecule has 0 amide bonds. The Hall–Kier alpha value is -1.29. The molecule has 1 heterocycles. The molecular weight excluding hydrogens is 202 g/mol. The van der Waals surface area contributed by atoms with E-state index in [9.17, 15) is 0 Å². The lowest BCUT2D eigenvalue weighted by Crippen LogP contribution is -2.31. The van der Waals surface area contributed by atoms with Crippen molar-refractivity contribution in [1.82, 2.24) is 9.88 Å². The molecule has 0 bridgehead atoms. The summed E-state index contributed by atoms with van der Waals surface area (Å²) in [6.45, 7) is 6.25. The second kappa shape index (κ2) is 6.33. The molecule has 0 aliphatic heterocycles. The maximum absolute atomic E-state index is 5.06. The van der Waals surface area contributed by atoms with Gasteiger partial charge in [-0.1, -0.05) is 6.07 Å². The third kappa shape index (κ3) is 4.06. The quantitative estimate of drug-likeness (QED) is 0.798. The SMILES string of the molecule is COc1cccc(NCCN(C)C(C)C)n1. The van der Waals surface area contributed by atoms with E-state index >= 15 is 0 Å². The number of nitrogens with zero attached hydrogens (tertiary/aromatic N) is 2. The smallest absolute Gasteiger partial charge is 0.214 e. The van der Waals surface area contributed by atoms with Crippen LogP contribution >= 0.6 is 0 Å². The van der Waals surface area contributed by atoms with E-state index in [-0.39, 0.29) is 0 Å². The molecule has 0 aliphatic rings. The average molecular weight is 223 g/mol. The van der Waals surface area contributed by atoms with Gasteiger partial charge in [0.15, 0.2) is 0 Å². The fraction of sp³-hybridized carbons (Fsp3) is 0.583. The third-order valence-corrected chi connectivity index (χ3v) is 2.58. The normalized spacial score (nSPS) is 10.9. The highest BCUT2D eigenvalue weighted by molar-refractivity contribution is 5.36. The Kier molecular flexibility index (Phi) is 5.05. The van der Waals surface area contributed by atoms with Crippen LogP contribution < -0.4 is 10.1 Å². The standard InChI is InChI=1S/C12H21N3O/c1-10(2)15(3)9-8-13-11-6-5-7-12(14-11)16-4/h5-7,10H,8-9H2,1-4H3,(H,13,14). The summed E-state index contributed by atoms with van der Waals surface area (Å²) in [5, 5.41) is 3.27. The van der Waals surface area contributed by atoms with Crippen molar-refractivity contribution in [2.45, 2.75) is 19.9 Å². The number of pyridine rings is 1. The number of hydrogen-bond donors (Lipinski definition) is 1. The van der Waals surface area contributed by atoms with Crippen LogP contribution in [0.2, 0.25) is 0 Å². The molecule has 1 aromatic heterocycles. The van der Waals surface area contributed by atoms with E-state index in [1.807, 2.05) is 18.2 Å². The van der Waals surface area contributed by atoms with Crippen LogP contribution in [0.1, 0.15) is 13.8 Å². The first kappa shape index (κ1) is 12.8. The van der Waals surface area contributed by atoms with E-state index in [4.69, 9.17) is 4.74 Å². The Morgan fingerprint density at radius 1 is 1.44 bits per heavy atom. The predicted octanol–water partition coefficient (Wildman–Crippen LogP) is 1.84. The van der Waals surface area contributed by atoms with Gasteiger partial charge in [0.25, 0.3) is 0 Å². The van der Waals surface area contributed by atoms with Crippen LogP contribution in [0.25, 0.3) is 0 Å². The summed E-state index contributed by atoms with van der Waals surface area (Å²) in [5.41, 5.74) is 0. The van der Waals surface area contributed by atoms with Crippen molar-refractivity contribution >= 4 is 5.82 Å². The molecular formula is C12H21N3O. The zero-order valence-electron chi connectivity index (χ0n) is 10.5. The molecule has 4 nitrogen and oxygen atoms in total. The van der Waals surface area contributed by atoms with Gasteiger partial charge in [0, 0.05) is 25.2 Å². The third-order valence-electron chi connectivity index (χ3n) is 2.58. The highest BCUT2D eigenvalue weighted by Crippen LogP contribution is 2.10. The second-order valence-corrected chi connectivity index (χ2v) is 4.07. The maximum Gasteiger partial charge on any atom is 0.214 e. The van der Waals surface area contributed by atoms with Gasteiger partial charge >= 0.3 is 0 Å². The Bertz CT molecular complexity index is 315. The molecule has 1 N–H and O–H groups in total. The molecule has 0 fully saturated rings. The van der Waals surface area contributed by atoms with Crippen molar-refractivity contribution in [2.24, 2.45) is 0 Å². The van der Waals surface area contributed by atoms with Gasteiger partial charge in [0.2, 0.25) is 5.88 Å². The highest BCUT2D eigenvalue weighted by atomic mass is 16.5. The van der Waals surface area contributed by atoms with E-state index in [1.165, 1.54) is 0 Å². The first-order valence-electron chi connectivity index (χ1n) is 5.58. The van der Waals surface area contributed by atoms with E-state index in [0.717, 1.165) is 18.9 Å². The Balaban J connectivity index is 2.37. The lowest BCUT2D eigenvalue weighted by Gasteiger charge is -2.21. The number of anilines is 1. The number of hydrogen-bond acceptors (Lipinski definition) is 4. The molecule has 90 valence electrons. The lowest BCUT2D eigenvalue weighted by atomic mass is 10.3. The number of ether oxygens (including phenoxy) is 1. The number of rotatable bonds is 6. The summed E-state index contributed by atoms with van der Waals surface area (Å²) < 4.78 is 5.06. The van der Waals surface area contributed by atoms with Crippen LogP contribution in [0, 0.1) is 0 Å². The molecule has 0 spiro atoms. The average Bonchev–Trinajstić information content (AvgIpc) is 2.29. The van der Waals surface area contributed by atoms with Crippen molar-refractivity contribution in [2.75, 3.05) is 32.6 Å². The van der Waals surface area contributed by atoms with Crippen LogP contribution in [-0.4, -0.2) is 43.2 Å². The Morgan fingerprint density at radius 2 is 2.19 bits per heavy atom. The molecule has 1 aromatic rings. The van der Waals surface area contributed by atoms with Gasteiger partial charge in [0.1, 0.15) is 5.82 Å². The minimum atomic E-state index is 0.570. The summed E-state index contributed by atoms with van der Waals surface area (Å²) in [6, 6.07) is 6.28. The van der Waals surface area contributed by atoms with Gasteiger partial charge in [0.05, 0.1) is 7.11 Å². The summed E-state index contributed by atoms with van der Waals surface area (Å²) >= 11 is 0. The maximum atomic E-state index is 5.06. The summed E-state index contributed by atoms with van der Waals surface area (Å²) in [5.74, 6) is 1.50. The van der Waals surface area contributed by atoms with Crippen molar-refractivity contribution in [1.29, 1.82) is 0 Å². The number of nitrogens with one attached hydrogen (secondary N) is 1. The molecule has 0 atom stereocenters. The van der Waals surface area contributed by atoms with Crippen LogP contribution in [0.3, 0.4) is 0 Å². The summed E-state index contributed by atoms with van der Waals surface area (Å²) in [7, 11) is 3.74. The molecule has 0 aromatic carbocycles. The minimum Gasteiger partial charge on any atom is -0.481 e. The van der Waals surface area contributed by atoms with Crippen molar-refractivity contribution in [3.8, 4) is 5.88 Å². The topological polar surface area (TPSA) is 37.4 Å². The second-order valence-electron chi connectivity index (χ2n) is 4.07. The molecule has 0 unspecified atom stereocenters. The minimum absolute atomic E-state index is 0.570. The molecule has 0 aliphatic carbocycles. The fourth-order valence-corrected chi connectivity index (χ4v) is 1.25. The highest BCUT2D eigenvalue weighted by Gasteiger charge is 2.02. The van der Waals surface area contributed by atoms with Crippen molar-refractivity contribution in [3.63, 3.8) is 0 Å². The van der Waals surface area contributed by atoms with Gasteiger partial charge in [-0.25, -0.2) is 0 Å². The predicted molar refractivity (Wildman–Crippen MR) is 67.0 cm³/mol. The Labute approximate surface area is 97.6 Å². The molecule has 1 rings (SSSR count).